The normalized spacial score (nSPS) is 21.8. The molecule has 2 heterocycles. The Kier molecular flexibility index (Phi) is 3.54. The van der Waals surface area contributed by atoms with E-state index in [0.717, 1.165) is 20.1 Å². The van der Waals surface area contributed by atoms with Gasteiger partial charge in [-0.1, -0.05) is 0 Å². The second-order valence-corrected chi connectivity index (χ2v) is 7.01. The van der Waals surface area contributed by atoms with E-state index in [0.29, 0.717) is 0 Å². The van der Waals surface area contributed by atoms with Crippen LogP contribution in [0.4, 0.5) is 5.69 Å². The monoisotopic (exact) mass is 352 g/mol. The molecule has 0 unspecified atom stereocenters. The number of nitrogens with zero attached hydrogens (tertiary/aromatic N) is 1. The van der Waals surface area contributed by atoms with Gasteiger partial charge < -0.3 is 15.4 Å². The van der Waals surface area contributed by atoms with Crippen LogP contribution < -0.4 is 15.4 Å². The Balaban J connectivity index is 1.92. The van der Waals surface area contributed by atoms with Crippen LogP contribution >= 0.6 is 27.3 Å². The summed E-state index contributed by atoms with van der Waals surface area (Å²) in [7, 11) is 1.62. The average Bonchev–Trinajstić information content (AvgIpc) is 2.89. The minimum atomic E-state index is -0.470. The van der Waals surface area contributed by atoms with Gasteiger partial charge >= 0.3 is 0 Å². The predicted octanol–water partition coefficient (Wildman–Crippen LogP) is 2.93. The summed E-state index contributed by atoms with van der Waals surface area (Å²) >= 11 is 5.04. The summed E-state index contributed by atoms with van der Waals surface area (Å²) in [4.78, 5) is 14.9. The number of thiophene rings is 1. The zero-order chi connectivity index (χ0) is 14.3. The van der Waals surface area contributed by atoms with E-state index in [9.17, 15) is 4.79 Å². The van der Waals surface area contributed by atoms with Crippen molar-refractivity contribution >= 4 is 38.9 Å². The predicted molar refractivity (Wildman–Crippen MR) is 83.2 cm³/mol. The first kappa shape index (κ1) is 13.6. The summed E-state index contributed by atoms with van der Waals surface area (Å²) in [6, 6.07) is 10.8. The van der Waals surface area contributed by atoms with Gasteiger partial charge in [0.1, 0.15) is 11.8 Å². The van der Waals surface area contributed by atoms with Gasteiger partial charge in [-0.2, -0.15) is 0 Å². The lowest BCUT2D eigenvalue weighted by molar-refractivity contribution is -0.126. The molecule has 1 amide bonds. The number of anilines is 1. The minimum Gasteiger partial charge on any atom is -0.497 e. The Labute approximate surface area is 129 Å². The number of β-lactam (4-membered cyclic amide) rings is 1. The molecule has 1 saturated heterocycles. The Morgan fingerprint density at radius 1 is 1.25 bits per heavy atom. The number of ether oxygens (including phenoxy) is 1. The van der Waals surface area contributed by atoms with Crippen LogP contribution in [0.25, 0.3) is 0 Å². The molecule has 0 aliphatic carbocycles. The van der Waals surface area contributed by atoms with Gasteiger partial charge in [0.2, 0.25) is 5.91 Å². The highest BCUT2D eigenvalue weighted by Crippen LogP contribution is 2.41. The molecule has 2 atom stereocenters. The van der Waals surface area contributed by atoms with Gasteiger partial charge in [0.05, 0.1) is 16.9 Å². The maximum Gasteiger partial charge on any atom is 0.247 e. The number of carbonyl (C=O) groups excluding carboxylic acids is 1. The molecule has 1 aliphatic rings. The number of hydrogen-bond acceptors (Lipinski definition) is 4. The van der Waals surface area contributed by atoms with Crippen LogP contribution in [0.5, 0.6) is 5.75 Å². The Morgan fingerprint density at radius 3 is 2.50 bits per heavy atom. The molecule has 0 saturated carbocycles. The van der Waals surface area contributed by atoms with Gasteiger partial charge in [-0.3, -0.25) is 4.79 Å². The number of hydrogen-bond donors (Lipinski definition) is 1. The molecule has 0 bridgehead atoms. The van der Waals surface area contributed by atoms with E-state index in [2.05, 4.69) is 15.9 Å². The van der Waals surface area contributed by atoms with Crippen LogP contribution in [-0.2, 0) is 4.79 Å². The lowest BCUT2D eigenvalue weighted by atomic mass is 9.93. The van der Waals surface area contributed by atoms with Crippen molar-refractivity contribution in [2.45, 2.75) is 12.1 Å². The third-order valence-corrected chi connectivity index (χ3v) is 5.07. The first-order chi connectivity index (χ1) is 9.61. The third-order valence-electron chi connectivity index (χ3n) is 3.38. The van der Waals surface area contributed by atoms with E-state index in [1.807, 2.05) is 36.4 Å². The molecule has 4 nitrogen and oxygen atoms in total. The molecule has 2 aromatic rings. The van der Waals surface area contributed by atoms with Gasteiger partial charge in [-0.25, -0.2) is 0 Å². The molecule has 104 valence electrons. The average molecular weight is 353 g/mol. The van der Waals surface area contributed by atoms with Crippen LogP contribution in [-0.4, -0.2) is 19.1 Å². The molecular weight excluding hydrogens is 340 g/mol. The number of carbonyl (C=O) groups is 1. The van der Waals surface area contributed by atoms with Crippen molar-refractivity contribution in [1.82, 2.24) is 0 Å². The van der Waals surface area contributed by atoms with Crippen molar-refractivity contribution in [1.29, 1.82) is 0 Å². The molecule has 2 N–H and O–H groups in total. The third kappa shape index (κ3) is 2.13. The van der Waals surface area contributed by atoms with Crippen LogP contribution in [0.2, 0.25) is 0 Å². The Bertz CT molecular complexity index is 641. The maximum atomic E-state index is 12.1. The lowest BCUT2D eigenvalue weighted by Crippen LogP contribution is -2.63. The minimum absolute atomic E-state index is 0.0512. The standard InChI is InChI=1S/C14H13BrN2O2S/c1-19-9-4-2-8(3-5-9)17-13(12(16)14(17)18)10-6-7-11(15)20-10/h2-7,12-13H,16H2,1H3/t12-,13-/m1/s1. The smallest absolute Gasteiger partial charge is 0.247 e. The zero-order valence-electron chi connectivity index (χ0n) is 10.7. The molecule has 0 radical (unpaired) electrons. The van der Waals surface area contributed by atoms with Crippen LogP contribution in [0.15, 0.2) is 40.2 Å². The van der Waals surface area contributed by atoms with E-state index in [1.165, 1.54) is 0 Å². The van der Waals surface area contributed by atoms with Gasteiger partial charge in [-0.05, 0) is 52.3 Å². The molecule has 1 aliphatic heterocycles. The number of benzene rings is 1. The summed E-state index contributed by atoms with van der Waals surface area (Å²) in [6.07, 6.45) is 0. The van der Waals surface area contributed by atoms with E-state index in [-0.39, 0.29) is 11.9 Å². The summed E-state index contributed by atoms with van der Waals surface area (Å²) < 4.78 is 6.17. The molecule has 3 rings (SSSR count). The number of nitrogens with two attached hydrogens (primary N) is 1. The maximum absolute atomic E-state index is 12.1. The quantitative estimate of drug-likeness (QED) is 0.864. The fraction of sp³-hybridized carbons (Fsp3) is 0.214. The summed E-state index contributed by atoms with van der Waals surface area (Å²) in [5, 5.41) is 0. The van der Waals surface area contributed by atoms with Crippen molar-refractivity contribution in [3.63, 3.8) is 0 Å². The van der Waals surface area contributed by atoms with Crippen LogP contribution in [0, 0.1) is 0 Å². The first-order valence-electron chi connectivity index (χ1n) is 6.10. The molecule has 1 aromatic carbocycles. The van der Waals surface area contributed by atoms with Crippen LogP contribution in [0.3, 0.4) is 0 Å². The molecule has 20 heavy (non-hydrogen) atoms. The summed E-state index contributed by atoms with van der Waals surface area (Å²) in [6.45, 7) is 0. The van der Waals surface area contributed by atoms with Crippen LogP contribution in [0.1, 0.15) is 10.9 Å². The number of halogens is 1. The largest absolute Gasteiger partial charge is 0.497 e. The SMILES string of the molecule is COc1ccc(N2C(=O)[C@H](N)[C@H]2c2ccc(Br)s2)cc1. The fourth-order valence-electron chi connectivity index (χ4n) is 2.33. The molecular formula is C14H13BrN2O2S. The second kappa shape index (κ2) is 5.20. The highest BCUT2D eigenvalue weighted by Gasteiger charge is 2.47. The van der Waals surface area contributed by atoms with E-state index in [4.69, 9.17) is 10.5 Å². The van der Waals surface area contributed by atoms with Crippen molar-refractivity contribution in [3.8, 4) is 5.75 Å². The topological polar surface area (TPSA) is 55.6 Å². The molecule has 1 fully saturated rings. The molecule has 6 heteroatoms. The highest BCUT2D eigenvalue weighted by atomic mass is 79.9. The van der Waals surface area contributed by atoms with Crippen molar-refractivity contribution < 1.29 is 9.53 Å². The first-order valence-corrected chi connectivity index (χ1v) is 7.70. The van der Waals surface area contributed by atoms with Gasteiger partial charge in [0.25, 0.3) is 0 Å². The Morgan fingerprint density at radius 2 is 1.95 bits per heavy atom. The number of amides is 1. The van der Waals surface area contributed by atoms with Gasteiger partial charge in [0.15, 0.2) is 0 Å². The number of methoxy groups -OCH3 is 1. The van der Waals surface area contributed by atoms with Gasteiger partial charge in [-0.15, -0.1) is 11.3 Å². The Hall–Kier alpha value is -1.37. The van der Waals surface area contributed by atoms with Gasteiger partial charge in [0, 0.05) is 10.6 Å². The fourth-order valence-corrected chi connectivity index (χ4v) is 3.90. The van der Waals surface area contributed by atoms with Crippen molar-refractivity contribution in [3.05, 3.63) is 45.1 Å². The number of rotatable bonds is 3. The van der Waals surface area contributed by atoms with Crippen molar-refractivity contribution in [2.24, 2.45) is 5.73 Å². The highest BCUT2D eigenvalue weighted by molar-refractivity contribution is 9.11. The summed E-state index contributed by atoms with van der Waals surface area (Å²) in [5.74, 6) is 0.714. The zero-order valence-corrected chi connectivity index (χ0v) is 13.1. The van der Waals surface area contributed by atoms with E-state index >= 15 is 0 Å². The molecule has 0 spiro atoms. The van der Waals surface area contributed by atoms with E-state index in [1.54, 1.807) is 23.3 Å². The molecule has 1 aromatic heterocycles. The lowest BCUT2D eigenvalue weighted by Gasteiger charge is -2.44. The second-order valence-electron chi connectivity index (χ2n) is 4.52. The van der Waals surface area contributed by atoms with E-state index < -0.39 is 6.04 Å². The van der Waals surface area contributed by atoms with Crippen molar-refractivity contribution in [2.75, 3.05) is 12.0 Å². The summed E-state index contributed by atoms with van der Waals surface area (Å²) in [5.41, 5.74) is 6.81.